The van der Waals surface area contributed by atoms with Gasteiger partial charge in [0.2, 0.25) is 11.8 Å². The quantitative estimate of drug-likeness (QED) is 0.354. The average molecular weight is 567 g/mol. The zero-order valence-electron chi connectivity index (χ0n) is 23.7. The summed E-state index contributed by atoms with van der Waals surface area (Å²) in [5.41, 5.74) is -1.53. The van der Waals surface area contributed by atoms with Crippen LogP contribution in [-0.2, 0) is 19.1 Å². The van der Waals surface area contributed by atoms with Crippen molar-refractivity contribution in [3.05, 3.63) is 109 Å². The first kappa shape index (κ1) is 33.6. The molecule has 0 aromatic carbocycles. The number of rotatable bonds is 3. The number of aliphatic hydroxyl groups excluding tert-OH is 2. The number of aliphatic hydroxyl groups is 3. The van der Waals surface area contributed by atoms with Crippen molar-refractivity contribution in [2.45, 2.75) is 57.0 Å². The lowest BCUT2D eigenvalue weighted by Crippen LogP contribution is -2.62. The van der Waals surface area contributed by atoms with Crippen molar-refractivity contribution in [3.8, 4) is 0 Å². The Labute approximate surface area is 242 Å². The van der Waals surface area contributed by atoms with Gasteiger partial charge in [-0.1, -0.05) is 110 Å². The molecule has 0 spiro atoms. The van der Waals surface area contributed by atoms with E-state index in [0.29, 0.717) is 6.54 Å². The van der Waals surface area contributed by atoms with E-state index in [1.165, 1.54) is 13.0 Å². The van der Waals surface area contributed by atoms with Crippen molar-refractivity contribution < 1.29 is 34.4 Å². The summed E-state index contributed by atoms with van der Waals surface area (Å²) >= 11 is 0. The molecule has 0 aliphatic carbocycles. The average Bonchev–Trinajstić information content (AvgIpc) is 2.92. The topological polar surface area (TPSA) is 137 Å². The summed E-state index contributed by atoms with van der Waals surface area (Å²) in [7, 11) is 0. The lowest BCUT2D eigenvalue weighted by molar-refractivity contribution is -0.255. The van der Waals surface area contributed by atoms with Crippen LogP contribution in [0.1, 0.15) is 20.8 Å². The molecule has 2 rings (SSSR count). The predicted octanol–water partition coefficient (Wildman–Crippen LogP) is 2.48. The summed E-state index contributed by atoms with van der Waals surface area (Å²) in [6.45, 7) is 5.18. The Morgan fingerprint density at radius 2 is 1.51 bits per heavy atom. The Morgan fingerprint density at radius 1 is 0.951 bits per heavy atom. The number of carbonyl (C=O) groups excluding carboxylic acids is 2. The fourth-order valence-electron chi connectivity index (χ4n) is 3.77. The Bertz CT molecular complexity index is 1110. The zero-order valence-corrected chi connectivity index (χ0v) is 23.7. The third-order valence-corrected chi connectivity index (χ3v) is 6.05. The highest BCUT2D eigenvalue weighted by atomic mass is 16.7. The van der Waals surface area contributed by atoms with Crippen LogP contribution in [-0.4, -0.2) is 76.5 Å². The number of allylic oxidation sites excluding steroid dienone is 14. The first-order valence-corrected chi connectivity index (χ1v) is 13.5. The maximum absolute atomic E-state index is 12.0. The van der Waals surface area contributed by atoms with Gasteiger partial charge in [0.15, 0.2) is 6.29 Å². The molecule has 41 heavy (non-hydrogen) atoms. The van der Waals surface area contributed by atoms with Gasteiger partial charge in [-0.25, -0.2) is 0 Å². The minimum Gasteiger partial charge on any atom is -0.388 e. The molecular weight excluding hydrogens is 524 g/mol. The van der Waals surface area contributed by atoms with Crippen LogP contribution in [0.25, 0.3) is 0 Å². The van der Waals surface area contributed by atoms with E-state index in [2.05, 4.69) is 10.6 Å². The number of hydrogen-bond donors (Lipinski definition) is 5. The van der Waals surface area contributed by atoms with Gasteiger partial charge in [-0.05, 0) is 12.8 Å². The summed E-state index contributed by atoms with van der Waals surface area (Å²) in [4.78, 5) is 23.7. The SMILES string of the molecule is CC(=O)NC1C(OC2\C=C/C=C\C=C/C=C\C=C/C(C)CNC(=O)/C=C/C=C\C=C/C=C/C2(C)O)OCC(O)C1O. The molecule has 2 aliphatic rings. The molecule has 9 nitrogen and oxygen atoms in total. The molecular formula is C32H42N2O7. The number of carbonyl (C=O) groups is 2. The van der Waals surface area contributed by atoms with E-state index >= 15 is 0 Å². The molecule has 0 radical (unpaired) electrons. The maximum Gasteiger partial charge on any atom is 0.243 e. The lowest BCUT2D eigenvalue weighted by Gasteiger charge is -2.41. The molecule has 1 fully saturated rings. The van der Waals surface area contributed by atoms with Crippen LogP contribution in [0, 0.1) is 5.92 Å². The standard InChI is InChI=1S/C32H42N2O7/c1-24-18-14-10-6-4-5-7-11-15-19-27(41-31-29(34-25(2)35)30(38)26(36)23-40-31)32(3,39)21-17-13-9-8-12-16-20-28(37)33-22-24/h4-21,24,26-27,29-31,36,38-39H,22-23H2,1-3H3,(H,33,37)(H,34,35)/b5-4-,10-6-,11-7-,12-8-,13-9-,18-14-,19-15-,20-16+,21-17+. The fourth-order valence-corrected chi connectivity index (χ4v) is 3.77. The third kappa shape index (κ3) is 13.1. The summed E-state index contributed by atoms with van der Waals surface area (Å²) in [6.07, 6.45) is 26.9. The van der Waals surface area contributed by atoms with Gasteiger partial charge in [-0.15, -0.1) is 0 Å². The number of amides is 2. The van der Waals surface area contributed by atoms with E-state index in [1.807, 2.05) is 49.5 Å². The van der Waals surface area contributed by atoms with Crippen LogP contribution in [0.2, 0.25) is 0 Å². The van der Waals surface area contributed by atoms with Crippen molar-refractivity contribution in [1.82, 2.24) is 10.6 Å². The minimum atomic E-state index is -1.53. The van der Waals surface area contributed by atoms with Gasteiger partial charge in [0.1, 0.15) is 30.0 Å². The van der Waals surface area contributed by atoms with E-state index < -0.39 is 42.2 Å². The number of ether oxygens (including phenoxy) is 2. The van der Waals surface area contributed by atoms with Gasteiger partial charge in [0, 0.05) is 19.5 Å². The highest BCUT2D eigenvalue weighted by molar-refractivity contribution is 5.87. The molecule has 2 amide bonds. The van der Waals surface area contributed by atoms with Crippen LogP contribution in [0.3, 0.4) is 0 Å². The van der Waals surface area contributed by atoms with E-state index in [9.17, 15) is 24.9 Å². The normalized spacial score (nSPS) is 39.0. The lowest BCUT2D eigenvalue weighted by atomic mass is 9.96. The molecule has 9 heteroatoms. The zero-order chi connectivity index (χ0) is 30.1. The van der Waals surface area contributed by atoms with Gasteiger partial charge < -0.3 is 35.4 Å². The van der Waals surface area contributed by atoms with Crippen LogP contribution < -0.4 is 10.6 Å². The summed E-state index contributed by atoms with van der Waals surface area (Å²) in [5.74, 6) is -0.438. The minimum absolute atomic E-state index is 0.176. The molecule has 2 heterocycles. The number of nitrogens with one attached hydrogen (secondary N) is 2. The molecule has 1 saturated heterocycles. The molecule has 222 valence electrons. The van der Waals surface area contributed by atoms with Crippen molar-refractivity contribution in [2.75, 3.05) is 13.2 Å². The summed E-state index contributed by atoms with van der Waals surface area (Å²) in [6, 6.07) is -1.05. The first-order valence-electron chi connectivity index (χ1n) is 13.5. The fraction of sp³-hybridized carbons (Fsp3) is 0.375. The molecule has 7 atom stereocenters. The van der Waals surface area contributed by atoms with Crippen molar-refractivity contribution in [3.63, 3.8) is 0 Å². The second-order valence-electron chi connectivity index (χ2n) is 9.90. The van der Waals surface area contributed by atoms with Crippen LogP contribution >= 0.6 is 0 Å². The van der Waals surface area contributed by atoms with Crippen molar-refractivity contribution in [1.29, 1.82) is 0 Å². The van der Waals surface area contributed by atoms with Gasteiger partial charge in [0.25, 0.3) is 0 Å². The molecule has 0 aromatic rings. The van der Waals surface area contributed by atoms with Crippen molar-refractivity contribution >= 4 is 11.8 Å². The Hall–Kier alpha value is -3.60. The van der Waals surface area contributed by atoms with Crippen LogP contribution in [0.4, 0.5) is 0 Å². The Balaban J connectivity index is 2.29. The summed E-state index contributed by atoms with van der Waals surface area (Å²) in [5, 5.41) is 37.2. The number of hydrogen-bond acceptors (Lipinski definition) is 7. The van der Waals surface area contributed by atoms with E-state index in [4.69, 9.17) is 9.47 Å². The molecule has 0 bridgehead atoms. The van der Waals surface area contributed by atoms with Gasteiger partial charge in [-0.3, -0.25) is 9.59 Å². The second kappa shape index (κ2) is 18.0. The highest BCUT2D eigenvalue weighted by Crippen LogP contribution is 2.24. The van der Waals surface area contributed by atoms with E-state index in [1.54, 1.807) is 67.7 Å². The van der Waals surface area contributed by atoms with E-state index in [-0.39, 0.29) is 18.4 Å². The van der Waals surface area contributed by atoms with Crippen molar-refractivity contribution in [2.24, 2.45) is 5.92 Å². The van der Waals surface area contributed by atoms with Gasteiger partial charge >= 0.3 is 0 Å². The molecule has 0 saturated carbocycles. The predicted molar refractivity (Wildman–Crippen MR) is 159 cm³/mol. The Morgan fingerprint density at radius 3 is 2.15 bits per heavy atom. The third-order valence-electron chi connectivity index (χ3n) is 6.05. The van der Waals surface area contributed by atoms with E-state index in [0.717, 1.165) is 0 Å². The molecule has 0 aromatic heterocycles. The van der Waals surface area contributed by atoms with Gasteiger partial charge in [-0.2, -0.15) is 0 Å². The van der Waals surface area contributed by atoms with Crippen LogP contribution in [0.15, 0.2) is 109 Å². The second-order valence-corrected chi connectivity index (χ2v) is 9.90. The molecule has 5 N–H and O–H groups in total. The summed E-state index contributed by atoms with van der Waals surface area (Å²) < 4.78 is 11.7. The van der Waals surface area contributed by atoms with Crippen LogP contribution in [0.5, 0.6) is 0 Å². The molecule has 7 unspecified atom stereocenters. The largest absolute Gasteiger partial charge is 0.388 e. The first-order chi connectivity index (χ1) is 19.6. The van der Waals surface area contributed by atoms with Gasteiger partial charge in [0.05, 0.1) is 6.61 Å². The monoisotopic (exact) mass is 566 g/mol. The smallest absolute Gasteiger partial charge is 0.243 e. The highest BCUT2D eigenvalue weighted by Gasteiger charge is 2.42. The Kier molecular flexibility index (Phi) is 14.7. The molecule has 2 aliphatic heterocycles. The maximum atomic E-state index is 12.0.